The normalized spacial score (nSPS) is 12.3. The third kappa shape index (κ3) is 13.8. The van der Waals surface area contributed by atoms with Gasteiger partial charge in [0.2, 0.25) is 0 Å². The van der Waals surface area contributed by atoms with Crippen LogP contribution in [0.1, 0.15) is 20.8 Å². The third-order valence-corrected chi connectivity index (χ3v) is 3.13. The summed E-state index contributed by atoms with van der Waals surface area (Å²) in [5, 5.41) is 0. The first-order chi connectivity index (χ1) is 4.71. The summed E-state index contributed by atoms with van der Waals surface area (Å²) < 4.78 is 29.0. The van der Waals surface area contributed by atoms with Gasteiger partial charge < -0.3 is 0 Å². The van der Waals surface area contributed by atoms with Gasteiger partial charge in [0.15, 0.2) is 0 Å². The van der Waals surface area contributed by atoms with Crippen LogP contribution in [0, 0.1) is 0 Å². The average Bonchev–Trinajstić information content (AvgIpc) is 1.55. The molecule has 1 radical (unpaired) electrons. The van der Waals surface area contributed by atoms with Crippen LogP contribution in [0.2, 0.25) is 0 Å². The molecule has 1 N–H and O–H groups in total. The first kappa shape index (κ1) is 15.7. The summed E-state index contributed by atoms with van der Waals surface area (Å²) in [7, 11) is -3.77. The standard InChI is InChI=1S/C6H14O3S2.Na/c1-6(2,3)10-4-5-11(7,8)9;/h4-5H2,1-3H3,(H,7,8,9);. The van der Waals surface area contributed by atoms with Gasteiger partial charge in [0, 0.05) is 40.1 Å². The van der Waals surface area contributed by atoms with Gasteiger partial charge in [-0.3, -0.25) is 4.55 Å². The summed E-state index contributed by atoms with van der Waals surface area (Å²) in [6.45, 7) is 6.00. The Hall–Kier alpha value is 1.26. The molecule has 0 aromatic carbocycles. The summed E-state index contributed by atoms with van der Waals surface area (Å²) in [4.78, 5) is 0. The Balaban J connectivity index is 0. The minimum Gasteiger partial charge on any atom is -0.286 e. The molecule has 0 bridgehead atoms. The van der Waals surface area contributed by atoms with E-state index in [1.54, 1.807) is 0 Å². The molecule has 6 heteroatoms. The molecular weight excluding hydrogens is 207 g/mol. The molecule has 0 aliphatic heterocycles. The van der Waals surface area contributed by atoms with Crippen LogP contribution in [0.3, 0.4) is 0 Å². The maximum Gasteiger partial charge on any atom is 0.265 e. The molecule has 0 amide bonds. The van der Waals surface area contributed by atoms with Crippen LogP contribution < -0.4 is 0 Å². The molecule has 0 saturated carbocycles. The monoisotopic (exact) mass is 221 g/mol. The molecule has 12 heavy (non-hydrogen) atoms. The van der Waals surface area contributed by atoms with Crippen LogP contribution >= 0.6 is 11.8 Å². The summed E-state index contributed by atoms with van der Waals surface area (Å²) >= 11 is 1.52. The maximum absolute atomic E-state index is 10.3. The van der Waals surface area contributed by atoms with E-state index in [0.717, 1.165) is 0 Å². The fourth-order valence-corrected chi connectivity index (χ4v) is 2.24. The molecule has 0 rings (SSSR count). The molecular formula is C6H14NaO3S2. The second-order valence-electron chi connectivity index (χ2n) is 3.25. The molecule has 0 unspecified atom stereocenters. The Morgan fingerprint density at radius 1 is 1.33 bits per heavy atom. The third-order valence-electron chi connectivity index (χ3n) is 0.876. The second-order valence-corrected chi connectivity index (χ2v) is 6.74. The molecule has 0 spiro atoms. The van der Waals surface area contributed by atoms with Crippen molar-refractivity contribution in [1.29, 1.82) is 0 Å². The van der Waals surface area contributed by atoms with Gasteiger partial charge in [0.05, 0.1) is 5.75 Å². The van der Waals surface area contributed by atoms with Gasteiger partial charge >= 0.3 is 0 Å². The van der Waals surface area contributed by atoms with Crippen LogP contribution in [-0.4, -0.2) is 58.8 Å². The van der Waals surface area contributed by atoms with Crippen molar-refractivity contribution in [2.75, 3.05) is 11.5 Å². The molecule has 0 aromatic rings. The molecule has 0 aliphatic rings. The minimum absolute atomic E-state index is 0. The first-order valence-electron chi connectivity index (χ1n) is 3.30. The zero-order valence-electron chi connectivity index (χ0n) is 7.99. The number of rotatable bonds is 3. The Morgan fingerprint density at radius 3 is 2.00 bits per heavy atom. The fraction of sp³-hybridized carbons (Fsp3) is 1.00. The topological polar surface area (TPSA) is 54.4 Å². The molecule has 0 atom stereocenters. The van der Waals surface area contributed by atoms with E-state index in [1.807, 2.05) is 20.8 Å². The van der Waals surface area contributed by atoms with Gasteiger partial charge in [-0.05, 0) is 0 Å². The zero-order chi connectivity index (χ0) is 9.12. The molecule has 0 fully saturated rings. The van der Waals surface area contributed by atoms with Crippen molar-refractivity contribution in [2.24, 2.45) is 0 Å². The predicted octanol–water partition coefficient (Wildman–Crippen LogP) is 1.03. The van der Waals surface area contributed by atoms with E-state index in [0.29, 0.717) is 5.75 Å². The number of hydrogen-bond donors (Lipinski definition) is 1. The summed E-state index contributed by atoms with van der Waals surface area (Å²) in [6, 6.07) is 0. The summed E-state index contributed by atoms with van der Waals surface area (Å²) in [6.07, 6.45) is 0. The largest absolute Gasteiger partial charge is 0.286 e. The van der Waals surface area contributed by atoms with Crippen molar-refractivity contribution in [2.45, 2.75) is 25.5 Å². The van der Waals surface area contributed by atoms with Gasteiger partial charge in [-0.1, -0.05) is 20.8 Å². The summed E-state index contributed by atoms with van der Waals surface area (Å²) in [5.41, 5.74) is 0. The van der Waals surface area contributed by atoms with Crippen LogP contribution in [0.15, 0.2) is 0 Å². The Morgan fingerprint density at radius 2 is 1.75 bits per heavy atom. The Bertz CT molecular complexity index is 205. The van der Waals surface area contributed by atoms with E-state index in [9.17, 15) is 8.42 Å². The van der Waals surface area contributed by atoms with E-state index in [1.165, 1.54) is 11.8 Å². The van der Waals surface area contributed by atoms with E-state index in [2.05, 4.69) is 0 Å². The average molecular weight is 221 g/mol. The Labute approximate surface area is 101 Å². The van der Waals surface area contributed by atoms with Crippen molar-refractivity contribution in [3.8, 4) is 0 Å². The van der Waals surface area contributed by atoms with Crippen LogP contribution in [0.4, 0.5) is 0 Å². The molecule has 3 nitrogen and oxygen atoms in total. The van der Waals surface area contributed by atoms with Crippen molar-refractivity contribution < 1.29 is 13.0 Å². The molecule has 0 aromatic heterocycles. The van der Waals surface area contributed by atoms with Crippen molar-refractivity contribution in [1.82, 2.24) is 0 Å². The van der Waals surface area contributed by atoms with E-state index < -0.39 is 10.1 Å². The molecule has 0 aliphatic carbocycles. The van der Waals surface area contributed by atoms with Crippen LogP contribution in [0.5, 0.6) is 0 Å². The van der Waals surface area contributed by atoms with Gasteiger partial charge in [-0.25, -0.2) is 0 Å². The number of hydrogen-bond acceptors (Lipinski definition) is 3. The van der Waals surface area contributed by atoms with E-state index in [-0.39, 0.29) is 40.1 Å². The van der Waals surface area contributed by atoms with Crippen LogP contribution in [-0.2, 0) is 10.1 Å². The van der Waals surface area contributed by atoms with Crippen molar-refractivity contribution in [3.63, 3.8) is 0 Å². The first-order valence-corrected chi connectivity index (χ1v) is 5.89. The predicted molar refractivity (Wildman–Crippen MR) is 54.4 cm³/mol. The number of thioether (sulfide) groups is 1. The van der Waals surface area contributed by atoms with E-state index in [4.69, 9.17) is 4.55 Å². The molecule has 0 saturated heterocycles. The van der Waals surface area contributed by atoms with Crippen molar-refractivity contribution >= 4 is 51.4 Å². The van der Waals surface area contributed by atoms with E-state index >= 15 is 0 Å². The van der Waals surface area contributed by atoms with Gasteiger partial charge in [0.25, 0.3) is 10.1 Å². The zero-order valence-corrected chi connectivity index (χ0v) is 11.6. The fourth-order valence-electron chi connectivity index (χ4n) is 0.453. The SMILES string of the molecule is CC(C)(C)SCCS(=O)(=O)O.[Na]. The van der Waals surface area contributed by atoms with Crippen molar-refractivity contribution in [3.05, 3.63) is 0 Å². The van der Waals surface area contributed by atoms with Gasteiger partial charge in [-0.15, -0.1) is 0 Å². The van der Waals surface area contributed by atoms with Gasteiger partial charge in [-0.2, -0.15) is 20.2 Å². The quantitative estimate of drug-likeness (QED) is 0.571. The van der Waals surface area contributed by atoms with Crippen LogP contribution in [0.25, 0.3) is 0 Å². The smallest absolute Gasteiger partial charge is 0.265 e. The van der Waals surface area contributed by atoms with Gasteiger partial charge in [0.1, 0.15) is 0 Å². The molecule has 0 heterocycles. The minimum atomic E-state index is -3.77. The second kappa shape index (κ2) is 5.88. The molecule has 69 valence electrons. The maximum atomic E-state index is 10.3. The Kier molecular flexibility index (Phi) is 7.70. The summed E-state index contributed by atoms with van der Waals surface area (Å²) in [5.74, 6) is 0.289.